The Morgan fingerprint density at radius 1 is 1.05 bits per heavy atom. The summed E-state index contributed by atoms with van der Waals surface area (Å²) in [7, 11) is 1.63. The predicted molar refractivity (Wildman–Crippen MR) is 79.6 cm³/mol. The summed E-state index contributed by atoms with van der Waals surface area (Å²) in [5.41, 5.74) is 1.66. The van der Waals surface area contributed by atoms with Crippen molar-refractivity contribution in [2.75, 3.05) is 19.0 Å². The Bertz CT molecular complexity index is 569. The van der Waals surface area contributed by atoms with Gasteiger partial charge in [-0.3, -0.25) is 0 Å². The van der Waals surface area contributed by atoms with Crippen molar-refractivity contribution in [1.82, 2.24) is 0 Å². The van der Waals surface area contributed by atoms with Crippen molar-refractivity contribution in [2.45, 2.75) is 13.5 Å². The maximum absolute atomic E-state index is 10.1. The molecule has 0 aliphatic carbocycles. The number of hydrogen-bond donors (Lipinski definition) is 2. The van der Waals surface area contributed by atoms with E-state index in [1.807, 2.05) is 43.3 Å². The van der Waals surface area contributed by atoms with Gasteiger partial charge in [-0.05, 0) is 25.1 Å². The average molecular weight is 273 g/mol. The summed E-state index contributed by atoms with van der Waals surface area (Å²) >= 11 is 0. The number of anilines is 1. The van der Waals surface area contributed by atoms with Gasteiger partial charge >= 0.3 is 0 Å². The lowest BCUT2D eigenvalue weighted by atomic mass is 10.1. The van der Waals surface area contributed by atoms with Gasteiger partial charge < -0.3 is 19.9 Å². The molecule has 4 nitrogen and oxygen atoms in total. The molecule has 0 saturated carbocycles. The highest BCUT2D eigenvalue weighted by Gasteiger charge is 2.08. The lowest BCUT2D eigenvalue weighted by molar-refractivity contribution is 0.317. The molecule has 0 fully saturated rings. The van der Waals surface area contributed by atoms with E-state index in [0.717, 1.165) is 17.0 Å². The minimum absolute atomic E-state index is 0.178. The SMILES string of the molecule is CCOc1cccc(CNc2ccccc2OC)c1O. The Labute approximate surface area is 119 Å². The first-order valence-electron chi connectivity index (χ1n) is 6.56. The van der Waals surface area contributed by atoms with Gasteiger partial charge in [0.05, 0.1) is 19.4 Å². The van der Waals surface area contributed by atoms with E-state index in [0.29, 0.717) is 18.9 Å². The molecule has 0 unspecified atom stereocenters. The van der Waals surface area contributed by atoms with E-state index >= 15 is 0 Å². The highest BCUT2D eigenvalue weighted by molar-refractivity contribution is 5.57. The normalized spacial score (nSPS) is 10.1. The summed E-state index contributed by atoms with van der Waals surface area (Å²) < 4.78 is 10.6. The van der Waals surface area contributed by atoms with E-state index in [1.165, 1.54) is 0 Å². The highest BCUT2D eigenvalue weighted by atomic mass is 16.5. The summed E-state index contributed by atoms with van der Waals surface area (Å²) in [6.45, 7) is 2.91. The first-order valence-corrected chi connectivity index (χ1v) is 6.56. The summed E-state index contributed by atoms with van der Waals surface area (Å²) in [6, 6.07) is 13.1. The molecule has 2 rings (SSSR count). The number of phenols is 1. The van der Waals surface area contributed by atoms with E-state index < -0.39 is 0 Å². The largest absolute Gasteiger partial charge is 0.504 e. The number of para-hydroxylation sites is 3. The standard InChI is InChI=1S/C16H19NO3/c1-3-20-15-10-6-7-12(16(15)18)11-17-13-8-4-5-9-14(13)19-2/h4-10,17-18H,3,11H2,1-2H3. The van der Waals surface area contributed by atoms with E-state index in [4.69, 9.17) is 9.47 Å². The molecule has 0 spiro atoms. The molecule has 0 amide bonds. The Balaban J connectivity index is 2.13. The smallest absolute Gasteiger partial charge is 0.162 e. The van der Waals surface area contributed by atoms with Gasteiger partial charge in [0, 0.05) is 12.1 Å². The van der Waals surface area contributed by atoms with E-state index in [-0.39, 0.29) is 5.75 Å². The molecule has 0 atom stereocenters. The summed E-state index contributed by atoms with van der Waals surface area (Å²) in [4.78, 5) is 0. The number of phenolic OH excluding ortho intramolecular Hbond substituents is 1. The number of ether oxygens (including phenoxy) is 2. The van der Waals surface area contributed by atoms with Crippen LogP contribution in [0.15, 0.2) is 42.5 Å². The van der Waals surface area contributed by atoms with Crippen LogP contribution in [-0.2, 0) is 6.54 Å². The number of benzene rings is 2. The van der Waals surface area contributed by atoms with Crippen LogP contribution < -0.4 is 14.8 Å². The number of rotatable bonds is 6. The lowest BCUT2D eigenvalue weighted by Crippen LogP contribution is -2.02. The van der Waals surface area contributed by atoms with Crippen molar-refractivity contribution >= 4 is 5.69 Å². The minimum Gasteiger partial charge on any atom is -0.504 e. The fourth-order valence-electron chi connectivity index (χ4n) is 1.96. The molecule has 0 aliphatic heterocycles. The van der Waals surface area contributed by atoms with Crippen molar-refractivity contribution in [1.29, 1.82) is 0 Å². The molecule has 0 bridgehead atoms. The van der Waals surface area contributed by atoms with Gasteiger partial charge in [-0.1, -0.05) is 24.3 Å². The van der Waals surface area contributed by atoms with E-state index in [1.54, 1.807) is 13.2 Å². The average Bonchev–Trinajstić information content (AvgIpc) is 2.48. The van der Waals surface area contributed by atoms with Crippen LogP contribution in [0.3, 0.4) is 0 Å². The van der Waals surface area contributed by atoms with Gasteiger partial charge in [0.25, 0.3) is 0 Å². The van der Waals surface area contributed by atoms with Gasteiger partial charge in [0.1, 0.15) is 5.75 Å². The van der Waals surface area contributed by atoms with Crippen molar-refractivity contribution < 1.29 is 14.6 Å². The summed E-state index contributed by atoms with van der Waals surface area (Å²) in [5, 5.41) is 13.4. The maximum Gasteiger partial charge on any atom is 0.162 e. The van der Waals surface area contributed by atoms with Gasteiger partial charge in [0.2, 0.25) is 0 Å². The van der Waals surface area contributed by atoms with Crippen LogP contribution in [0.5, 0.6) is 17.2 Å². The zero-order valence-electron chi connectivity index (χ0n) is 11.7. The predicted octanol–water partition coefficient (Wildman–Crippen LogP) is 3.41. The molecule has 2 N–H and O–H groups in total. The second-order valence-electron chi connectivity index (χ2n) is 4.25. The molecule has 0 aromatic heterocycles. The molecular weight excluding hydrogens is 254 g/mol. The third kappa shape index (κ3) is 3.15. The molecule has 20 heavy (non-hydrogen) atoms. The molecule has 0 radical (unpaired) electrons. The highest BCUT2D eigenvalue weighted by Crippen LogP contribution is 2.31. The maximum atomic E-state index is 10.1. The first kappa shape index (κ1) is 14.1. The Morgan fingerprint density at radius 2 is 1.80 bits per heavy atom. The Kier molecular flexibility index (Phi) is 4.71. The van der Waals surface area contributed by atoms with Crippen LogP contribution >= 0.6 is 0 Å². The van der Waals surface area contributed by atoms with E-state index in [9.17, 15) is 5.11 Å². The molecule has 2 aromatic rings. The first-order chi connectivity index (χ1) is 9.76. The fraction of sp³-hybridized carbons (Fsp3) is 0.250. The van der Waals surface area contributed by atoms with Crippen LogP contribution in [0.25, 0.3) is 0 Å². The minimum atomic E-state index is 0.178. The van der Waals surface area contributed by atoms with Crippen molar-refractivity contribution in [3.05, 3.63) is 48.0 Å². The molecule has 0 saturated heterocycles. The summed E-state index contributed by atoms with van der Waals surface area (Å²) in [5.74, 6) is 1.46. The lowest BCUT2D eigenvalue weighted by Gasteiger charge is -2.13. The molecule has 0 aliphatic rings. The topological polar surface area (TPSA) is 50.7 Å². The third-order valence-corrected chi connectivity index (χ3v) is 2.96. The quantitative estimate of drug-likeness (QED) is 0.846. The fourth-order valence-corrected chi connectivity index (χ4v) is 1.96. The van der Waals surface area contributed by atoms with Crippen LogP contribution in [0.4, 0.5) is 5.69 Å². The monoisotopic (exact) mass is 273 g/mol. The Morgan fingerprint density at radius 3 is 2.55 bits per heavy atom. The van der Waals surface area contributed by atoms with Crippen LogP contribution in [-0.4, -0.2) is 18.8 Å². The van der Waals surface area contributed by atoms with Crippen LogP contribution in [0.1, 0.15) is 12.5 Å². The van der Waals surface area contributed by atoms with Crippen LogP contribution in [0, 0.1) is 0 Å². The molecule has 106 valence electrons. The second-order valence-corrected chi connectivity index (χ2v) is 4.25. The molecule has 4 heteroatoms. The number of methoxy groups -OCH3 is 1. The van der Waals surface area contributed by atoms with Gasteiger partial charge in [-0.25, -0.2) is 0 Å². The molecule has 2 aromatic carbocycles. The number of nitrogens with one attached hydrogen (secondary N) is 1. The van der Waals surface area contributed by atoms with Gasteiger partial charge in [-0.15, -0.1) is 0 Å². The van der Waals surface area contributed by atoms with Crippen molar-refractivity contribution in [3.8, 4) is 17.2 Å². The van der Waals surface area contributed by atoms with Crippen molar-refractivity contribution in [2.24, 2.45) is 0 Å². The number of aromatic hydroxyl groups is 1. The molecule has 0 heterocycles. The zero-order valence-corrected chi connectivity index (χ0v) is 11.7. The summed E-state index contributed by atoms with van der Waals surface area (Å²) in [6.07, 6.45) is 0. The van der Waals surface area contributed by atoms with Gasteiger partial charge in [0.15, 0.2) is 11.5 Å². The Hall–Kier alpha value is -2.36. The van der Waals surface area contributed by atoms with E-state index in [2.05, 4.69) is 5.32 Å². The second kappa shape index (κ2) is 6.70. The van der Waals surface area contributed by atoms with Crippen LogP contribution in [0.2, 0.25) is 0 Å². The van der Waals surface area contributed by atoms with Crippen molar-refractivity contribution in [3.63, 3.8) is 0 Å². The number of hydrogen-bond acceptors (Lipinski definition) is 4. The molecular formula is C16H19NO3. The van der Waals surface area contributed by atoms with Gasteiger partial charge in [-0.2, -0.15) is 0 Å². The third-order valence-electron chi connectivity index (χ3n) is 2.96. The zero-order chi connectivity index (χ0) is 14.4.